The van der Waals surface area contributed by atoms with Crippen molar-refractivity contribution in [2.24, 2.45) is 5.14 Å². The van der Waals surface area contributed by atoms with E-state index in [2.05, 4.69) is 18.9 Å². The van der Waals surface area contributed by atoms with Gasteiger partial charge < -0.3 is 0 Å². The number of hydrogen-bond donors (Lipinski definition) is 1. The standard InChI is InChI=1S/C7H9NO2S.C3H4/c8-11(9,10)6-7-4-2-1-3-5-7;1-3-2/h1-5H,6H2,(H2,8,9,10);1-2H2. The van der Waals surface area contributed by atoms with Crippen LogP contribution in [0.1, 0.15) is 5.56 Å². The molecule has 2 N–H and O–H groups in total. The van der Waals surface area contributed by atoms with E-state index in [0.29, 0.717) is 0 Å². The minimum Gasteiger partial charge on any atom is -0.228 e. The minimum absolute atomic E-state index is 0.0894. The second-order valence-electron chi connectivity index (χ2n) is 2.54. The second-order valence-corrected chi connectivity index (χ2v) is 4.16. The third-order valence-corrected chi connectivity index (χ3v) is 1.95. The smallest absolute Gasteiger partial charge is 0.213 e. The molecule has 1 aromatic rings. The van der Waals surface area contributed by atoms with Crippen molar-refractivity contribution in [3.05, 3.63) is 54.8 Å². The molecular weight excluding hydrogens is 198 g/mol. The summed E-state index contributed by atoms with van der Waals surface area (Å²) in [6.45, 7) is 6.25. The zero-order valence-corrected chi connectivity index (χ0v) is 8.63. The average Bonchev–Trinajstić information content (AvgIpc) is 2.04. The summed E-state index contributed by atoms with van der Waals surface area (Å²) in [6.07, 6.45) is 0. The van der Waals surface area contributed by atoms with Crippen LogP contribution < -0.4 is 5.14 Å². The molecule has 0 unspecified atom stereocenters. The molecule has 0 spiro atoms. The van der Waals surface area contributed by atoms with Crippen molar-refractivity contribution in [2.75, 3.05) is 0 Å². The molecule has 0 atom stereocenters. The molecule has 14 heavy (non-hydrogen) atoms. The summed E-state index contributed by atoms with van der Waals surface area (Å²) in [7, 11) is -3.38. The molecule has 0 aliphatic carbocycles. The zero-order chi connectivity index (χ0) is 11.0. The van der Waals surface area contributed by atoms with Crippen LogP contribution in [-0.2, 0) is 15.8 Å². The van der Waals surface area contributed by atoms with E-state index >= 15 is 0 Å². The molecule has 0 aliphatic heterocycles. The maximum absolute atomic E-state index is 10.6. The van der Waals surface area contributed by atoms with Gasteiger partial charge in [-0.15, -0.1) is 5.73 Å². The highest BCUT2D eigenvalue weighted by molar-refractivity contribution is 7.88. The molecule has 0 aliphatic rings. The van der Waals surface area contributed by atoms with Gasteiger partial charge in [0.1, 0.15) is 0 Å². The number of rotatable bonds is 2. The Balaban J connectivity index is 0.000000500. The fourth-order valence-corrected chi connectivity index (χ4v) is 1.46. The number of benzene rings is 1. The quantitative estimate of drug-likeness (QED) is 0.752. The van der Waals surface area contributed by atoms with Gasteiger partial charge in [-0.25, -0.2) is 13.6 Å². The SMILES string of the molecule is C=C=C.NS(=O)(=O)Cc1ccccc1. The molecule has 0 aromatic heterocycles. The lowest BCUT2D eigenvalue weighted by atomic mass is 10.2. The summed E-state index contributed by atoms with van der Waals surface area (Å²) in [4.78, 5) is 0. The lowest BCUT2D eigenvalue weighted by Gasteiger charge is -1.96. The van der Waals surface area contributed by atoms with Gasteiger partial charge in [-0.1, -0.05) is 43.5 Å². The Morgan fingerprint density at radius 3 is 2.00 bits per heavy atom. The highest BCUT2D eigenvalue weighted by atomic mass is 32.2. The van der Waals surface area contributed by atoms with Crippen molar-refractivity contribution in [3.8, 4) is 0 Å². The van der Waals surface area contributed by atoms with Crippen LogP contribution in [0.3, 0.4) is 0 Å². The molecule has 1 rings (SSSR count). The highest BCUT2D eigenvalue weighted by Gasteiger charge is 2.02. The van der Waals surface area contributed by atoms with Gasteiger partial charge >= 0.3 is 0 Å². The predicted octanol–water partition coefficient (Wildman–Crippen LogP) is 1.43. The van der Waals surface area contributed by atoms with Gasteiger partial charge in [0.05, 0.1) is 5.75 Å². The Hall–Kier alpha value is -1.35. The monoisotopic (exact) mass is 211 g/mol. The van der Waals surface area contributed by atoms with E-state index in [4.69, 9.17) is 5.14 Å². The number of hydrogen-bond acceptors (Lipinski definition) is 2. The number of sulfonamides is 1. The van der Waals surface area contributed by atoms with E-state index in [-0.39, 0.29) is 5.75 Å². The molecule has 0 bridgehead atoms. The summed E-state index contributed by atoms with van der Waals surface area (Å²) in [6, 6.07) is 8.84. The van der Waals surface area contributed by atoms with Gasteiger partial charge in [0.25, 0.3) is 0 Å². The van der Waals surface area contributed by atoms with Gasteiger partial charge in [-0.05, 0) is 5.56 Å². The zero-order valence-electron chi connectivity index (χ0n) is 7.81. The van der Waals surface area contributed by atoms with Crippen molar-refractivity contribution < 1.29 is 8.42 Å². The van der Waals surface area contributed by atoms with E-state index in [1.54, 1.807) is 24.3 Å². The molecule has 0 fully saturated rings. The van der Waals surface area contributed by atoms with Crippen LogP contribution in [0.4, 0.5) is 0 Å². The summed E-state index contributed by atoms with van der Waals surface area (Å²) in [5.41, 5.74) is 2.97. The van der Waals surface area contributed by atoms with E-state index in [0.717, 1.165) is 5.56 Å². The molecule has 4 heteroatoms. The third-order valence-electron chi connectivity index (χ3n) is 1.21. The van der Waals surface area contributed by atoms with Crippen molar-refractivity contribution in [2.45, 2.75) is 5.75 Å². The van der Waals surface area contributed by atoms with Crippen molar-refractivity contribution >= 4 is 10.0 Å². The summed E-state index contributed by atoms with van der Waals surface area (Å²) >= 11 is 0. The van der Waals surface area contributed by atoms with Crippen LogP contribution in [0, 0.1) is 0 Å². The highest BCUT2D eigenvalue weighted by Crippen LogP contribution is 2.01. The summed E-state index contributed by atoms with van der Waals surface area (Å²) in [5.74, 6) is -0.0894. The maximum atomic E-state index is 10.6. The second kappa shape index (κ2) is 6.16. The number of primary sulfonamides is 1. The van der Waals surface area contributed by atoms with Crippen LogP contribution in [0.15, 0.2) is 49.2 Å². The minimum atomic E-state index is -3.38. The Kier molecular flexibility index (Phi) is 5.56. The van der Waals surface area contributed by atoms with Gasteiger partial charge in [0.15, 0.2) is 0 Å². The predicted molar refractivity (Wildman–Crippen MR) is 58.0 cm³/mol. The molecule has 0 heterocycles. The summed E-state index contributed by atoms with van der Waals surface area (Å²) < 4.78 is 21.2. The molecule has 76 valence electrons. The largest absolute Gasteiger partial charge is 0.228 e. The molecule has 0 radical (unpaired) electrons. The Morgan fingerprint density at radius 1 is 1.21 bits per heavy atom. The molecule has 0 saturated heterocycles. The first-order valence-electron chi connectivity index (χ1n) is 3.83. The maximum Gasteiger partial charge on any atom is 0.213 e. The molecular formula is C10H13NO2S. The third kappa shape index (κ3) is 7.31. The van der Waals surface area contributed by atoms with E-state index in [9.17, 15) is 8.42 Å². The Labute approximate surface area is 84.6 Å². The van der Waals surface area contributed by atoms with Crippen molar-refractivity contribution in [1.29, 1.82) is 0 Å². The van der Waals surface area contributed by atoms with E-state index in [1.165, 1.54) is 0 Å². The normalized spacial score (nSPS) is 9.50. The van der Waals surface area contributed by atoms with Gasteiger partial charge in [0.2, 0.25) is 10.0 Å². The van der Waals surface area contributed by atoms with Crippen LogP contribution in [0.25, 0.3) is 0 Å². The fourth-order valence-electron chi connectivity index (χ4n) is 0.807. The fraction of sp³-hybridized carbons (Fsp3) is 0.100. The lowest BCUT2D eigenvalue weighted by Crippen LogP contribution is -2.14. The first-order valence-corrected chi connectivity index (χ1v) is 5.54. The van der Waals surface area contributed by atoms with Crippen LogP contribution >= 0.6 is 0 Å². The molecule has 0 amide bonds. The average molecular weight is 211 g/mol. The number of nitrogens with two attached hydrogens (primary N) is 1. The van der Waals surface area contributed by atoms with Crippen LogP contribution in [-0.4, -0.2) is 8.42 Å². The van der Waals surface area contributed by atoms with Gasteiger partial charge in [0, 0.05) is 0 Å². The first-order chi connectivity index (χ1) is 6.49. The van der Waals surface area contributed by atoms with Crippen molar-refractivity contribution in [1.82, 2.24) is 0 Å². The molecule has 1 aromatic carbocycles. The topological polar surface area (TPSA) is 60.2 Å². The van der Waals surface area contributed by atoms with Crippen LogP contribution in [0.5, 0.6) is 0 Å². The Morgan fingerprint density at radius 2 is 1.64 bits per heavy atom. The molecule has 0 saturated carbocycles. The van der Waals surface area contributed by atoms with Crippen molar-refractivity contribution in [3.63, 3.8) is 0 Å². The molecule has 3 nitrogen and oxygen atoms in total. The summed E-state index contributed by atoms with van der Waals surface area (Å²) in [5, 5.41) is 4.84. The van der Waals surface area contributed by atoms with E-state index in [1.807, 2.05) is 6.07 Å². The van der Waals surface area contributed by atoms with Gasteiger partial charge in [-0.3, -0.25) is 0 Å². The van der Waals surface area contributed by atoms with Crippen LogP contribution in [0.2, 0.25) is 0 Å². The Bertz CT molecular complexity index is 389. The first kappa shape index (κ1) is 12.7. The van der Waals surface area contributed by atoms with Gasteiger partial charge in [-0.2, -0.15) is 0 Å². The van der Waals surface area contributed by atoms with E-state index < -0.39 is 10.0 Å². The lowest BCUT2D eigenvalue weighted by molar-refractivity contribution is 0.597.